The molecule has 1 aromatic carbocycles. The number of rotatable bonds is 0. The Labute approximate surface area is 115 Å². The summed E-state index contributed by atoms with van der Waals surface area (Å²) in [5, 5.41) is 3.29. The van der Waals surface area contributed by atoms with E-state index in [4.69, 9.17) is 4.74 Å². The van der Waals surface area contributed by atoms with Gasteiger partial charge < -0.3 is 10.1 Å². The number of fused-ring (bicyclic) bond motifs is 1. The van der Waals surface area contributed by atoms with E-state index in [0.29, 0.717) is 12.4 Å². The number of piperidine rings is 1. The summed E-state index contributed by atoms with van der Waals surface area (Å²) in [4.78, 5) is 0. The Bertz CT molecular complexity index is 541. The molecule has 108 valence electrons. The van der Waals surface area contributed by atoms with Gasteiger partial charge in [-0.1, -0.05) is 11.6 Å². The summed E-state index contributed by atoms with van der Waals surface area (Å²) in [6, 6.07) is 3.83. The molecule has 0 amide bonds. The molecule has 1 saturated heterocycles. The van der Waals surface area contributed by atoms with Gasteiger partial charge in [-0.15, -0.1) is 0 Å². The molecule has 2 aliphatic rings. The number of ether oxygens (including phenoxy) is 1. The molecule has 0 spiro atoms. The molecule has 0 atom stereocenters. The van der Waals surface area contributed by atoms with Gasteiger partial charge in [0.25, 0.3) is 0 Å². The van der Waals surface area contributed by atoms with Gasteiger partial charge in [0.1, 0.15) is 5.75 Å². The number of alkyl halides is 3. The van der Waals surface area contributed by atoms with E-state index in [2.05, 4.69) is 5.32 Å². The standard InChI is InChI=1S/C15H16F3NO/c16-15(17,18)11-1-2-13-12(5-8-20-14(13)9-11)10-3-6-19-7-4-10/h1-2,9,19H,3-8H2. The maximum atomic E-state index is 12.7. The highest BCUT2D eigenvalue weighted by Crippen LogP contribution is 2.40. The molecule has 2 heterocycles. The van der Waals surface area contributed by atoms with E-state index in [1.165, 1.54) is 11.1 Å². The third-order valence-electron chi connectivity index (χ3n) is 3.88. The Morgan fingerprint density at radius 1 is 1.05 bits per heavy atom. The zero-order valence-electron chi connectivity index (χ0n) is 11.0. The minimum atomic E-state index is -4.32. The van der Waals surface area contributed by atoms with Gasteiger partial charge in [-0.3, -0.25) is 0 Å². The van der Waals surface area contributed by atoms with Gasteiger partial charge in [-0.05, 0) is 43.6 Å². The van der Waals surface area contributed by atoms with E-state index in [1.54, 1.807) is 6.07 Å². The first kappa shape index (κ1) is 13.5. The quantitative estimate of drug-likeness (QED) is 0.785. The molecule has 1 N–H and O–H groups in total. The van der Waals surface area contributed by atoms with Crippen molar-refractivity contribution in [1.29, 1.82) is 0 Å². The van der Waals surface area contributed by atoms with Crippen LogP contribution in [0.4, 0.5) is 13.2 Å². The molecule has 0 radical (unpaired) electrons. The molecule has 0 aromatic heterocycles. The molecule has 2 nitrogen and oxygen atoms in total. The average molecular weight is 283 g/mol. The van der Waals surface area contributed by atoms with Crippen molar-refractivity contribution in [1.82, 2.24) is 5.32 Å². The topological polar surface area (TPSA) is 21.3 Å². The maximum Gasteiger partial charge on any atom is 0.416 e. The maximum absolute atomic E-state index is 12.7. The Hall–Kier alpha value is -1.49. The lowest BCUT2D eigenvalue weighted by molar-refractivity contribution is -0.137. The van der Waals surface area contributed by atoms with Crippen LogP contribution >= 0.6 is 0 Å². The summed E-state index contributed by atoms with van der Waals surface area (Å²) in [6.07, 6.45) is -1.60. The molecule has 2 aliphatic heterocycles. The number of hydrogen-bond acceptors (Lipinski definition) is 2. The monoisotopic (exact) mass is 283 g/mol. The van der Waals surface area contributed by atoms with Crippen molar-refractivity contribution >= 4 is 5.57 Å². The van der Waals surface area contributed by atoms with E-state index in [-0.39, 0.29) is 0 Å². The van der Waals surface area contributed by atoms with Crippen LogP contribution in [-0.4, -0.2) is 19.7 Å². The van der Waals surface area contributed by atoms with E-state index in [1.807, 2.05) is 0 Å². The summed E-state index contributed by atoms with van der Waals surface area (Å²) < 4.78 is 43.6. The highest BCUT2D eigenvalue weighted by Gasteiger charge is 2.32. The summed E-state index contributed by atoms with van der Waals surface area (Å²) in [6.45, 7) is 2.34. The molecular formula is C15H16F3NO. The molecular weight excluding hydrogens is 267 g/mol. The first-order chi connectivity index (χ1) is 9.55. The minimum Gasteiger partial charge on any atom is -0.493 e. The second kappa shape index (κ2) is 5.13. The Balaban J connectivity index is 2.01. The van der Waals surface area contributed by atoms with Gasteiger partial charge in [-0.2, -0.15) is 13.2 Å². The van der Waals surface area contributed by atoms with Crippen LogP contribution in [0.1, 0.15) is 30.4 Å². The molecule has 1 fully saturated rings. The zero-order valence-corrected chi connectivity index (χ0v) is 11.0. The van der Waals surface area contributed by atoms with Crippen molar-refractivity contribution in [3.8, 4) is 5.75 Å². The first-order valence-corrected chi connectivity index (χ1v) is 6.82. The van der Waals surface area contributed by atoms with E-state index >= 15 is 0 Å². The minimum absolute atomic E-state index is 0.368. The number of nitrogens with one attached hydrogen (secondary N) is 1. The lowest BCUT2D eigenvalue weighted by atomic mass is 9.89. The third-order valence-corrected chi connectivity index (χ3v) is 3.88. The van der Waals surface area contributed by atoms with Crippen LogP contribution in [0.2, 0.25) is 0 Å². The van der Waals surface area contributed by atoms with Crippen LogP contribution in [0.25, 0.3) is 5.57 Å². The van der Waals surface area contributed by atoms with Crippen molar-refractivity contribution in [2.24, 2.45) is 0 Å². The molecule has 1 aromatic rings. The van der Waals surface area contributed by atoms with Crippen molar-refractivity contribution < 1.29 is 17.9 Å². The number of hydrogen-bond donors (Lipinski definition) is 1. The first-order valence-electron chi connectivity index (χ1n) is 6.82. The Morgan fingerprint density at radius 2 is 1.80 bits per heavy atom. The van der Waals surface area contributed by atoms with Crippen molar-refractivity contribution in [2.75, 3.05) is 19.7 Å². The SMILES string of the molecule is FC(F)(F)c1ccc2c(c1)OCCC2=C1CCNCC1. The summed E-state index contributed by atoms with van der Waals surface area (Å²) in [5.74, 6) is 0.368. The fraction of sp³-hybridized carbons (Fsp3) is 0.467. The van der Waals surface area contributed by atoms with Gasteiger partial charge >= 0.3 is 6.18 Å². The highest BCUT2D eigenvalue weighted by atomic mass is 19.4. The predicted molar refractivity (Wildman–Crippen MR) is 70.6 cm³/mol. The normalized spacial score (nSPS) is 19.6. The summed E-state index contributed by atoms with van der Waals surface area (Å²) in [7, 11) is 0. The predicted octanol–water partition coefficient (Wildman–Crippen LogP) is 3.62. The van der Waals surface area contributed by atoms with Gasteiger partial charge in [-0.25, -0.2) is 0 Å². The molecule has 0 aliphatic carbocycles. The Kier molecular flexibility index (Phi) is 3.46. The molecule has 0 saturated carbocycles. The highest BCUT2D eigenvalue weighted by molar-refractivity contribution is 5.75. The van der Waals surface area contributed by atoms with Crippen LogP contribution in [0.5, 0.6) is 5.75 Å². The molecule has 5 heteroatoms. The van der Waals surface area contributed by atoms with Crippen LogP contribution in [-0.2, 0) is 6.18 Å². The van der Waals surface area contributed by atoms with Crippen LogP contribution in [0.3, 0.4) is 0 Å². The lowest BCUT2D eigenvalue weighted by Crippen LogP contribution is -2.24. The van der Waals surface area contributed by atoms with E-state index < -0.39 is 11.7 Å². The van der Waals surface area contributed by atoms with Gasteiger partial charge in [0.05, 0.1) is 12.2 Å². The fourth-order valence-corrected chi connectivity index (χ4v) is 2.86. The largest absolute Gasteiger partial charge is 0.493 e. The van der Waals surface area contributed by atoms with E-state index in [9.17, 15) is 13.2 Å². The van der Waals surface area contributed by atoms with Gasteiger partial charge in [0, 0.05) is 12.0 Å². The van der Waals surface area contributed by atoms with Crippen LogP contribution in [0, 0.1) is 0 Å². The fourth-order valence-electron chi connectivity index (χ4n) is 2.86. The molecule has 20 heavy (non-hydrogen) atoms. The summed E-state index contributed by atoms with van der Waals surface area (Å²) >= 11 is 0. The average Bonchev–Trinajstić information content (AvgIpc) is 2.46. The number of halogens is 3. The molecule has 0 unspecified atom stereocenters. The second-order valence-corrected chi connectivity index (χ2v) is 5.14. The Morgan fingerprint density at radius 3 is 2.50 bits per heavy atom. The zero-order chi connectivity index (χ0) is 14.2. The summed E-state index contributed by atoms with van der Waals surface area (Å²) in [5.41, 5.74) is 2.73. The van der Waals surface area contributed by atoms with E-state index in [0.717, 1.165) is 50.0 Å². The smallest absolute Gasteiger partial charge is 0.416 e. The molecule has 3 rings (SSSR count). The van der Waals surface area contributed by atoms with Crippen molar-refractivity contribution in [3.63, 3.8) is 0 Å². The number of benzene rings is 1. The van der Waals surface area contributed by atoms with Crippen LogP contribution < -0.4 is 10.1 Å². The van der Waals surface area contributed by atoms with Crippen molar-refractivity contribution in [2.45, 2.75) is 25.4 Å². The van der Waals surface area contributed by atoms with Gasteiger partial charge in [0.2, 0.25) is 0 Å². The lowest BCUT2D eigenvalue weighted by Gasteiger charge is -2.26. The van der Waals surface area contributed by atoms with Crippen molar-refractivity contribution in [3.05, 3.63) is 34.9 Å². The molecule has 0 bridgehead atoms. The second-order valence-electron chi connectivity index (χ2n) is 5.14. The van der Waals surface area contributed by atoms with Crippen LogP contribution in [0.15, 0.2) is 23.8 Å². The van der Waals surface area contributed by atoms with Gasteiger partial charge in [0.15, 0.2) is 0 Å². The third kappa shape index (κ3) is 2.54.